The lowest BCUT2D eigenvalue weighted by Gasteiger charge is -2.30. The molecule has 1 heterocycles. The number of rotatable bonds is 4. The molecule has 2 aromatic carbocycles. The van der Waals surface area contributed by atoms with Crippen LogP contribution in [0.3, 0.4) is 0 Å². The number of nitro groups is 1. The summed E-state index contributed by atoms with van der Waals surface area (Å²) in [5.41, 5.74) is 1.70. The van der Waals surface area contributed by atoms with Gasteiger partial charge in [-0.25, -0.2) is 0 Å². The van der Waals surface area contributed by atoms with Crippen molar-refractivity contribution in [3.8, 4) is 5.75 Å². The predicted molar refractivity (Wildman–Crippen MR) is 86.9 cm³/mol. The lowest BCUT2D eigenvalue weighted by atomic mass is 9.94. The van der Waals surface area contributed by atoms with E-state index in [1.165, 1.54) is 12.1 Å². The zero-order valence-electron chi connectivity index (χ0n) is 13.2. The molecular formula is C18H17NO5. The molecule has 0 amide bonds. The molecule has 0 N–H and O–H groups in total. The van der Waals surface area contributed by atoms with Gasteiger partial charge in [0.2, 0.25) is 0 Å². The van der Waals surface area contributed by atoms with Gasteiger partial charge in [0.05, 0.1) is 24.2 Å². The zero-order chi connectivity index (χ0) is 17.1. The van der Waals surface area contributed by atoms with E-state index in [1.807, 2.05) is 24.3 Å². The van der Waals surface area contributed by atoms with Gasteiger partial charge in [-0.05, 0) is 35.4 Å². The monoisotopic (exact) mass is 327 g/mol. The molecule has 0 aromatic heterocycles. The predicted octanol–water partition coefficient (Wildman–Crippen LogP) is 3.77. The second kappa shape index (κ2) is 6.80. The Morgan fingerprint density at radius 1 is 1.00 bits per heavy atom. The van der Waals surface area contributed by atoms with Crippen LogP contribution >= 0.6 is 0 Å². The maximum Gasteiger partial charge on any atom is 0.269 e. The fourth-order valence-electron chi connectivity index (χ4n) is 2.81. The van der Waals surface area contributed by atoms with Crippen molar-refractivity contribution in [1.29, 1.82) is 0 Å². The van der Waals surface area contributed by atoms with Crippen LogP contribution in [0.25, 0.3) is 0 Å². The highest BCUT2D eigenvalue weighted by molar-refractivity contribution is 5.80. The first-order chi connectivity index (χ1) is 11.6. The number of nitro benzene ring substituents is 1. The molecule has 0 unspecified atom stereocenters. The lowest BCUT2D eigenvalue weighted by molar-refractivity contribution is -0.384. The number of hydrogen-bond donors (Lipinski definition) is 0. The number of hydrogen-bond acceptors (Lipinski definition) is 5. The van der Waals surface area contributed by atoms with E-state index in [0.717, 1.165) is 16.9 Å². The van der Waals surface area contributed by atoms with Crippen molar-refractivity contribution in [2.45, 2.75) is 25.0 Å². The molecule has 1 aliphatic heterocycles. The van der Waals surface area contributed by atoms with E-state index in [2.05, 4.69) is 0 Å². The summed E-state index contributed by atoms with van der Waals surface area (Å²) in [6, 6.07) is 13.6. The van der Waals surface area contributed by atoms with Crippen LogP contribution in [0.2, 0.25) is 0 Å². The third-order valence-electron chi connectivity index (χ3n) is 4.12. The van der Waals surface area contributed by atoms with Crippen LogP contribution in [0, 0.1) is 10.1 Å². The second-order valence-corrected chi connectivity index (χ2v) is 5.68. The van der Waals surface area contributed by atoms with Gasteiger partial charge in [0, 0.05) is 25.0 Å². The molecule has 2 aromatic rings. The molecule has 1 aliphatic rings. The average molecular weight is 327 g/mol. The number of carbonyl (C=O) groups excluding carboxylic acids is 1. The van der Waals surface area contributed by atoms with Crippen molar-refractivity contribution in [3.63, 3.8) is 0 Å². The molecule has 124 valence electrons. The Labute approximate surface area is 139 Å². The number of nitrogens with zero attached hydrogens (tertiary/aromatic N) is 1. The molecule has 0 radical (unpaired) electrons. The highest BCUT2D eigenvalue weighted by Gasteiger charge is 2.30. The van der Waals surface area contributed by atoms with Crippen molar-refractivity contribution < 1.29 is 19.2 Å². The summed E-state index contributed by atoms with van der Waals surface area (Å²) < 4.78 is 11.2. The number of carbonyl (C=O) groups is 1. The first kappa shape index (κ1) is 16.1. The summed E-state index contributed by atoms with van der Waals surface area (Å²) in [5, 5.41) is 10.7. The van der Waals surface area contributed by atoms with Crippen molar-refractivity contribution in [2.75, 3.05) is 7.11 Å². The van der Waals surface area contributed by atoms with Gasteiger partial charge in [-0.3, -0.25) is 14.9 Å². The highest BCUT2D eigenvalue weighted by Crippen LogP contribution is 2.37. The van der Waals surface area contributed by atoms with Gasteiger partial charge in [-0.2, -0.15) is 0 Å². The Bertz CT molecular complexity index is 739. The number of ketones is 1. The van der Waals surface area contributed by atoms with Gasteiger partial charge < -0.3 is 9.47 Å². The molecule has 0 aliphatic carbocycles. The fourth-order valence-corrected chi connectivity index (χ4v) is 2.81. The quantitative estimate of drug-likeness (QED) is 0.631. The van der Waals surface area contributed by atoms with Crippen LogP contribution in [0.1, 0.15) is 36.2 Å². The summed E-state index contributed by atoms with van der Waals surface area (Å²) in [6.07, 6.45) is -0.100. The second-order valence-electron chi connectivity index (χ2n) is 5.68. The zero-order valence-corrected chi connectivity index (χ0v) is 13.2. The van der Waals surface area contributed by atoms with E-state index in [9.17, 15) is 14.9 Å². The average Bonchev–Trinajstić information content (AvgIpc) is 2.61. The molecule has 24 heavy (non-hydrogen) atoms. The van der Waals surface area contributed by atoms with Crippen LogP contribution in [0.4, 0.5) is 5.69 Å². The van der Waals surface area contributed by atoms with Gasteiger partial charge in [0.1, 0.15) is 11.5 Å². The summed E-state index contributed by atoms with van der Waals surface area (Å²) in [5.74, 6) is 0.859. The van der Waals surface area contributed by atoms with E-state index >= 15 is 0 Å². The number of Topliss-reactive ketones (excluding diaryl/α,β-unsaturated/α-hetero) is 1. The molecule has 6 heteroatoms. The first-order valence-electron chi connectivity index (χ1n) is 7.62. The minimum absolute atomic E-state index is 0.0209. The normalized spacial score (nSPS) is 20.6. The first-order valence-corrected chi connectivity index (χ1v) is 7.62. The smallest absolute Gasteiger partial charge is 0.269 e. The molecule has 0 spiro atoms. The van der Waals surface area contributed by atoms with Gasteiger partial charge in [0.15, 0.2) is 0 Å². The number of benzene rings is 2. The molecule has 0 saturated carbocycles. The summed E-state index contributed by atoms with van der Waals surface area (Å²) >= 11 is 0. The Hall–Kier alpha value is -2.73. The lowest BCUT2D eigenvalue weighted by Crippen LogP contribution is -2.23. The summed E-state index contributed by atoms with van der Waals surface area (Å²) in [6.45, 7) is 0. The number of methoxy groups -OCH3 is 1. The third-order valence-corrected chi connectivity index (χ3v) is 4.12. The molecule has 2 atom stereocenters. The number of non-ortho nitro benzene ring substituents is 1. The van der Waals surface area contributed by atoms with Crippen LogP contribution in [0.15, 0.2) is 48.5 Å². The van der Waals surface area contributed by atoms with E-state index in [4.69, 9.17) is 9.47 Å². The van der Waals surface area contributed by atoms with Crippen LogP contribution in [0.5, 0.6) is 5.75 Å². The van der Waals surface area contributed by atoms with Gasteiger partial charge in [-0.15, -0.1) is 0 Å². The third kappa shape index (κ3) is 3.44. The van der Waals surface area contributed by atoms with E-state index in [1.54, 1.807) is 19.2 Å². The molecule has 1 fully saturated rings. The van der Waals surface area contributed by atoms with E-state index in [0.29, 0.717) is 6.42 Å². The van der Waals surface area contributed by atoms with Gasteiger partial charge in [-0.1, -0.05) is 12.1 Å². The Kier molecular flexibility index (Phi) is 4.57. The number of ether oxygens (including phenoxy) is 2. The molecule has 6 nitrogen and oxygen atoms in total. The topological polar surface area (TPSA) is 78.7 Å². The van der Waals surface area contributed by atoms with Crippen molar-refractivity contribution in [2.24, 2.45) is 0 Å². The molecule has 0 bridgehead atoms. The molecular weight excluding hydrogens is 310 g/mol. The Morgan fingerprint density at radius 3 is 1.96 bits per heavy atom. The maximum atomic E-state index is 12.1. The minimum Gasteiger partial charge on any atom is -0.497 e. The molecule has 3 rings (SSSR count). The van der Waals surface area contributed by atoms with Gasteiger partial charge >= 0.3 is 0 Å². The van der Waals surface area contributed by atoms with E-state index in [-0.39, 0.29) is 30.1 Å². The minimum atomic E-state index is -0.448. The highest BCUT2D eigenvalue weighted by atomic mass is 16.6. The van der Waals surface area contributed by atoms with Crippen LogP contribution < -0.4 is 4.74 Å². The fraction of sp³-hybridized carbons (Fsp3) is 0.278. The van der Waals surface area contributed by atoms with Gasteiger partial charge in [0.25, 0.3) is 5.69 Å². The van der Waals surface area contributed by atoms with Crippen molar-refractivity contribution in [1.82, 2.24) is 0 Å². The largest absolute Gasteiger partial charge is 0.497 e. The summed E-state index contributed by atoms with van der Waals surface area (Å²) in [7, 11) is 1.60. The van der Waals surface area contributed by atoms with Crippen LogP contribution in [-0.4, -0.2) is 17.8 Å². The van der Waals surface area contributed by atoms with Crippen molar-refractivity contribution >= 4 is 11.5 Å². The SMILES string of the molecule is COc1ccc([C@@H]2CC(=O)C[C@H](c3ccc([N+](=O)[O-])cc3)O2)cc1. The van der Waals surface area contributed by atoms with Crippen molar-refractivity contribution in [3.05, 3.63) is 69.8 Å². The summed E-state index contributed by atoms with van der Waals surface area (Å²) in [4.78, 5) is 22.4. The maximum absolute atomic E-state index is 12.1. The van der Waals surface area contributed by atoms with Crippen LogP contribution in [-0.2, 0) is 9.53 Å². The Morgan fingerprint density at radius 2 is 1.50 bits per heavy atom. The van der Waals surface area contributed by atoms with E-state index < -0.39 is 4.92 Å². The Balaban J connectivity index is 1.79. The molecule has 1 saturated heterocycles. The standard InChI is InChI=1S/C18H17NO5/c1-23-16-8-4-13(5-9-16)18-11-15(20)10-17(24-18)12-2-6-14(7-3-12)19(21)22/h2-9,17-18H,10-11H2,1H3/t17-,18+/m1/s1.